The lowest BCUT2D eigenvalue weighted by molar-refractivity contribution is -0.117. The first-order valence-corrected chi connectivity index (χ1v) is 7.21. The van der Waals surface area contributed by atoms with E-state index in [4.69, 9.17) is 10.5 Å². The average molecular weight is 270 g/mol. The molecule has 0 bridgehead atoms. The minimum Gasteiger partial charge on any atom is -0.444 e. The number of allylic oxidation sites excluding steroid dienone is 5. The van der Waals surface area contributed by atoms with Gasteiger partial charge in [0, 0.05) is 24.3 Å². The van der Waals surface area contributed by atoms with E-state index in [1.807, 2.05) is 0 Å². The van der Waals surface area contributed by atoms with E-state index in [9.17, 15) is 10.1 Å². The average Bonchev–Trinajstić information content (AvgIpc) is 2.47. The Morgan fingerprint density at radius 2 is 2.20 bits per heavy atom. The Bertz CT molecular complexity index is 578. The van der Waals surface area contributed by atoms with E-state index in [0.717, 1.165) is 37.7 Å². The van der Waals surface area contributed by atoms with Crippen LogP contribution in [0.1, 0.15) is 38.5 Å². The van der Waals surface area contributed by atoms with Crippen molar-refractivity contribution < 1.29 is 9.53 Å². The van der Waals surface area contributed by atoms with Crippen molar-refractivity contribution in [2.24, 2.45) is 17.6 Å². The molecule has 0 spiro atoms. The van der Waals surface area contributed by atoms with Crippen LogP contribution in [0.15, 0.2) is 34.9 Å². The van der Waals surface area contributed by atoms with Gasteiger partial charge in [0.15, 0.2) is 5.78 Å². The minimum absolute atomic E-state index is 0.131. The number of nitriles is 1. The molecule has 3 aliphatic rings. The first-order chi connectivity index (χ1) is 9.72. The summed E-state index contributed by atoms with van der Waals surface area (Å²) in [5, 5.41) is 9.42. The molecule has 1 heterocycles. The third-order valence-corrected chi connectivity index (χ3v) is 4.43. The summed E-state index contributed by atoms with van der Waals surface area (Å²) in [4.78, 5) is 12.3. The highest BCUT2D eigenvalue weighted by atomic mass is 16.5. The van der Waals surface area contributed by atoms with Crippen LogP contribution in [0.2, 0.25) is 0 Å². The third kappa shape index (κ3) is 2.03. The van der Waals surface area contributed by atoms with Gasteiger partial charge in [-0.3, -0.25) is 4.79 Å². The molecule has 2 aliphatic carbocycles. The van der Waals surface area contributed by atoms with Gasteiger partial charge in [-0.25, -0.2) is 0 Å². The van der Waals surface area contributed by atoms with E-state index in [2.05, 4.69) is 18.2 Å². The van der Waals surface area contributed by atoms with Crippen molar-refractivity contribution in [3.63, 3.8) is 0 Å². The van der Waals surface area contributed by atoms with E-state index < -0.39 is 0 Å². The summed E-state index contributed by atoms with van der Waals surface area (Å²) in [6.07, 6.45) is 9.30. The van der Waals surface area contributed by atoms with Gasteiger partial charge >= 0.3 is 0 Å². The molecule has 0 radical (unpaired) electrons. The van der Waals surface area contributed by atoms with Crippen molar-refractivity contribution in [2.45, 2.75) is 38.5 Å². The fourth-order valence-electron chi connectivity index (χ4n) is 3.49. The van der Waals surface area contributed by atoms with E-state index in [1.54, 1.807) is 0 Å². The Hall–Kier alpha value is -2.02. The van der Waals surface area contributed by atoms with Crippen LogP contribution >= 0.6 is 0 Å². The molecule has 0 aromatic carbocycles. The fraction of sp³-hybridized carbons (Fsp3) is 0.500. The number of nitrogens with two attached hydrogens (primary N) is 1. The lowest BCUT2D eigenvalue weighted by atomic mass is 9.71. The van der Waals surface area contributed by atoms with Gasteiger partial charge in [0.2, 0.25) is 5.88 Å². The highest BCUT2D eigenvalue weighted by molar-refractivity contribution is 5.98. The normalized spacial score (nSPS) is 29.9. The number of ether oxygens (including phenoxy) is 1. The highest BCUT2D eigenvalue weighted by Gasteiger charge is 2.40. The van der Waals surface area contributed by atoms with E-state index in [0.29, 0.717) is 17.8 Å². The maximum Gasteiger partial charge on any atom is 0.204 e. The van der Waals surface area contributed by atoms with E-state index in [-0.39, 0.29) is 23.5 Å². The molecule has 0 amide bonds. The number of nitrogens with zero attached hydrogens (tertiary/aromatic N) is 1. The van der Waals surface area contributed by atoms with Gasteiger partial charge in [0.1, 0.15) is 11.8 Å². The van der Waals surface area contributed by atoms with Gasteiger partial charge in [-0.15, -0.1) is 0 Å². The zero-order chi connectivity index (χ0) is 14.1. The molecule has 4 nitrogen and oxygen atoms in total. The summed E-state index contributed by atoms with van der Waals surface area (Å²) >= 11 is 0. The molecule has 0 saturated carbocycles. The quantitative estimate of drug-likeness (QED) is 0.743. The van der Waals surface area contributed by atoms with Crippen LogP contribution in [-0.4, -0.2) is 5.78 Å². The molecule has 0 aromatic rings. The number of hydrogen-bond acceptors (Lipinski definition) is 4. The zero-order valence-corrected chi connectivity index (χ0v) is 11.4. The largest absolute Gasteiger partial charge is 0.444 e. The molecule has 104 valence electrons. The maximum absolute atomic E-state index is 12.3. The summed E-state index contributed by atoms with van der Waals surface area (Å²) in [6, 6.07) is 2.17. The van der Waals surface area contributed by atoms with E-state index >= 15 is 0 Å². The van der Waals surface area contributed by atoms with Gasteiger partial charge < -0.3 is 10.5 Å². The molecular weight excluding hydrogens is 252 g/mol. The monoisotopic (exact) mass is 270 g/mol. The van der Waals surface area contributed by atoms with Gasteiger partial charge in [-0.1, -0.05) is 12.2 Å². The number of carbonyl (C=O) groups excluding carboxylic acids is 1. The molecule has 0 fully saturated rings. The van der Waals surface area contributed by atoms with Crippen LogP contribution in [0, 0.1) is 23.2 Å². The number of Topliss-reactive ketones (excluding diaryl/α,β-unsaturated/α-hetero) is 1. The number of hydrogen-bond donors (Lipinski definition) is 1. The topological polar surface area (TPSA) is 76.1 Å². The molecule has 0 unspecified atom stereocenters. The Morgan fingerprint density at radius 1 is 1.35 bits per heavy atom. The standard InChI is InChI=1S/C16H18N2O2/c17-9-11-14(10-5-2-1-3-6-10)15-12(19)7-4-8-13(15)20-16(11)18/h1-2,10,14H,3-8,18H2/t10-,14+/m1/s1. The molecule has 4 heteroatoms. The van der Waals surface area contributed by atoms with Gasteiger partial charge in [-0.05, 0) is 31.6 Å². The summed E-state index contributed by atoms with van der Waals surface area (Å²) in [7, 11) is 0. The van der Waals surface area contributed by atoms with Crippen LogP contribution < -0.4 is 5.73 Å². The smallest absolute Gasteiger partial charge is 0.204 e. The van der Waals surface area contributed by atoms with Crippen molar-refractivity contribution in [3.8, 4) is 6.07 Å². The molecule has 3 rings (SSSR count). The number of rotatable bonds is 1. The Kier molecular flexibility index (Phi) is 3.35. The molecule has 2 atom stereocenters. The lowest BCUT2D eigenvalue weighted by Crippen LogP contribution is -2.33. The van der Waals surface area contributed by atoms with Gasteiger partial charge in [0.25, 0.3) is 0 Å². The highest BCUT2D eigenvalue weighted by Crippen LogP contribution is 2.44. The Morgan fingerprint density at radius 3 is 2.90 bits per heavy atom. The van der Waals surface area contributed by atoms with E-state index in [1.165, 1.54) is 0 Å². The van der Waals surface area contributed by atoms with Crippen LogP contribution in [0.25, 0.3) is 0 Å². The summed E-state index contributed by atoms with van der Waals surface area (Å²) in [5.41, 5.74) is 7.08. The summed E-state index contributed by atoms with van der Waals surface area (Å²) in [5.74, 6) is 1.15. The minimum atomic E-state index is -0.165. The van der Waals surface area contributed by atoms with Crippen LogP contribution in [0.3, 0.4) is 0 Å². The Labute approximate surface area is 118 Å². The molecule has 0 aromatic heterocycles. The van der Waals surface area contributed by atoms with Gasteiger partial charge in [0.05, 0.1) is 5.57 Å². The van der Waals surface area contributed by atoms with Crippen LogP contribution in [-0.2, 0) is 9.53 Å². The van der Waals surface area contributed by atoms with Gasteiger partial charge in [-0.2, -0.15) is 5.26 Å². The van der Waals surface area contributed by atoms with Crippen molar-refractivity contribution >= 4 is 5.78 Å². The predicted molar refractivity (Wildman–Crippen MR) is 73.8 cm³/mol. The predicted octanol–water partition coefficient (Wildman–Crippen LogP) is 2.69. The second kappa shape index (κ2) is 5.16. The number of carbonyl (C=O) groups is 1. The first-order valence-electron chi connectivity index (χ1n) is 7.21. The molecular formula is C16H18N2O2. The van der Waals surface area contributed by atoms with Crippen LogP contribution in [0.4, 0.5) is 0 Å². The first kappa shape index (κ1) is 13.0. The second-order valence-electron chi connectivity index (χ2n) is 5.63. The molecule has 2 N–H and O–H groups in total. The maximum atomic E-state index is 12.3. The van der Waals surface area contributed by atoms with Crippen LogP contribution in [0.5, 0.6) is 0 Å². The van der Waals surface area contributed by atoms with Crippen molar-refractivity contribution in [3.05, 3.63) is 34.9 Å². The van der Waals surface area contributed by atoms with Crippen molar-refractivity contribution in [1.29, 1.82) is 5.26 Å². The molecule has 1 aliphatic heterocycles. The Balaban J connectivity index is 2.05. The molecule has 20 heavy (non-hydrogen) atoms. The number of ketones is 1. The third-order valence-electron chi connectivity index (χ3n) is 4.43. The SMILES string of the molecule is N#CC1=C(N)OC2=C(C(=O)CCC2)[C@H]1[C@@H]1CC=CCC1. The lowest BCUT2D eigenvalue weighted by Gasteiger charge is -2.35. The zero-order valence-electron chi connectivity index (χ0n) is 11.4. The second-order valence-corrected chi connectivity index (χ2v) is 5.63. The van der Waals surface area contributed by atoms with Crippen molar-refractivity contribution in [2.75, 3.05) is 0 Å². The summed E-state index contributed by atoms with van der Waals surface area (Å²) in [6.45, 7) is 0. The fourth-order valence-corrected chi connectivity index (χ4v) is 3.49. The summed E-state index contributed by atoms with van der Waals surface area (Å²) < 4.78 is 5.56. The van der Waals surface area contributed by atoms with Crippen molar-refractivity contribution in [1.82, 2.24) is 0 Å². The molecule has 0 saturated heterocycles.